The summed E-state index contributed by atoms with van der Waals surface area (Å²) in [6.07, 6.45) is 12.4. The predicted octanol–water partition coefficient (Wildman–Crippen LogP) is 4.65. The van der Waals surface area contributed by atoms with Crippen LogP contribution < -0.4 is 5.32 Å². The fourth-order valence-electron chi connectivity index (χ4n) is 3.60. The van der Waals surface area contributed by atoms with Crippen molar-refractivity contribution in [2.45, 2.75) is 62.6 Å². The molecule has 112 valence electrons. The molecular weight excluding hydrogens is 298 g/mol. The third-order valence-corrected chi connectivity index (χ3v) is 6.41. The molecular formula is C16H21N3S2. The average Bonchev–Trinajstić information content (AvgIpc) is 3.13. The van der Waals surface area contributed by atoms with Crippen LogP contribution in [-0.2, 0) is 12.8 Å². The van der Waals surface area contributed by atoms with E-state index in [1.807, 2.05) is 11.3 Å². The minimum Gasteiger partial charge on any atom is -0.367 e. The zero-order valence-electron chi connectivity index (χ0n) is 12.4. The molecule has 2 aliphatic carbocycles. The van der Waals surface area contributed by atoms with Crippen LogP contribution in [0.2, 0.25) is 0 Å². The van der Waals surface area contributed by atoms with Gasteiger partial charge in [0.05, 0.1) is 5.39 Å². The molecule has 0 amide bonds. The maximum absolute atomic E-state index is 4.81. The van der Waals surface area contributed by atoms with Gasteiger partial charge in [-0.15, -0.1) is 11.3 Å². The molecule has 0 atom stereocenters. The van der Waals surface area contributed by atoms with Crippen LogP contribution in [0.15, 0.2) is 5.16 Å². The van der Waals surface area contributed by atoms with Crippen molar-refractivity contribution >= 4 is 39.1 Å². The summed E-state index contributed by atoms with van der Waals surface area (Å²) >= 11 is 3.54. The van der Waals surface area contributed by atoms with Crippen LogP contribution in [0, 0.1) is 0 Å². The zero-order valence-corrected chi connectivity index (χ0v) is 14.1. The molecule has 3 nitrogen and oxygen atoms in total. The molecule has 0 aliphatic heterocycles. The van der Waals surface area contributed by atoms with Gasteiger partial charge in [0.15, 0.2) is 5.16 Å². The molecule has 2 aliphatic rings. The predicted molar refractivity (Wildman–Crippen MR) is 91.7 cm³/mol. The molecule has 0 aromatic carbocycles. The monoisotopic (exact) mass is 319 g/mol. The Hall–Kier alpha value is -0.810. The number of nitrogens with one attached hydrogen (secondary N) is 1. The van der Waals surface area contributed by atoms with Crippen molar-refractivity contribution in [2.75, 3.05) is 11.6 Å². The van der Waals surface area contributed by atoms with E-state index in [1.165, 1.54) is 67.1 Å². The maximum atomic E-state index is 4.81. The number of nitrogens with zero attached hydrogens (tertiary/aromatic N) is 2. The Kier molecular flexibility index (Phi) is 3.79. The van der Waals surface area contributed by atoms with Crippen molar-refractivity contribution in [3.8, 4) is 0 Å². The summed E-state index contributed by atoms with van der Waals surface area (Å²) in [5, 5.41) is 5.97. The molecule has 2 aromatic rings. The van der Waals surface area contributed by atoms with Crippen LogP contribution >= 0.6 is 23.1 Å². The average molecular weight is 319 g/mol. The third-order valence-electron chi connectivity index (χ3n) is 4.67. The fraction of sp³-hybridized carbons (Fsp3) is 0.625. The molecule has 0 unspecified atom stereocenters. The van der Waals surface area contributed by atoms with E-state index in [4.69, 9.17) is 9.97 Å². The summed E-state index contributed by atoms with van der Waals surface area (Å²) in [6.45, 7) is 0. The Morgan fingerprint density at radius 1 is 1.10 bits per heavy atom. The van der Waals surface area contributed by atoms with Crippen LogP contribution in [0.1, 0.15) is 49.0 Å². The quantitative estimate of drug-likeness (QED) is 0.660. The first-order chi connectivity index (χ1) is 10.3. The van der Waals surface area contributed by atoms with Gasteiger partial charge in [0.25, 0.3) is 0 Å². The highest BCUT2D eigenvalue weighted by Gasteiger charge is 2.23. The van der Waals surface area contributed by atoms with Gasteiger partial charge in [-0.2, -0.15) is 0 Å². The van der Waals surface area contributed by atoms with Gasteiger partial charge < -0.3 is 5.32 Å². The Labute approximate surface area is 134 Å². The van der Waals surface area contributed by atoms with Gasteiger partial charge in [0.2, 0.25) is 0 Å². The standard InChI is InChI=1S/C16H21N3S2/c1-20-16-18-14(17-10-6-2-3-7-10)13-11-8-4-5-9-12(11)21-15(13)19-16/h10H,2-9H2,1H3,(H,17,18,19). The number of aryl methyl sites for hydroxylation is 2. The number of hydrogen-bond acceptors (Lipinski definition) is 5. The van der Waals surface area contributed by atoms with Crippen molar-refractivity contribution in [3.63, 3.8) is 0 Å². The maximum Gasteiger partial charge on any atom is 0.190 e. The molecule has 0 saturated heterocycles. The number of hydrogen-bond donors (Lipinski definition) is 1. The largest absolute Gasteiger partial charge is 0.367 e. The third kappa shape index (κ3) is 2.55. The second kappa shape index (κ2) is 5.76. The number of rotatable bonds is 3. The Morgan fingerprint density at radius 2 is 1.90 bits per heavy atom. The first kappa shape index (κ1) is 13.8. The molecule has 1 N–H and O–H groups in total. The van der Waals surface area contributed by atoms with E-state index >= 15 is 0 Å². The molecule has 0 spiro atoms. The second-order valence-electron chi connectivity index (χ2n) is 6.08. The molecule has 5 heteroatoms. The van der Waals surface area contributed by atoms with Crippen molar-refractivity contribution in [3.05, 3.63) is 10.4 Å². The molecule has 4 rings (SSSR count). The van der Waals surface area contributed by atoms with E-state index in [2.05, 4.69) is 11.6 Å². The Balaban J connectivity index is 1.82. The van der Waals surface area contributed by atoms with Crippen molar-refractivity contribution in [2.24, 2.45) is 0 Å². The van der Waals surface area contributed by atoms with Crippen LogP contribution in [-0.4, -0.2) is 22.3 Å². The topological polar surface area (TPSA) is 37.8 Å². The summed E-state index contributed by atoms with van der Waals surface area (Å²) < 4.78 is 0. The highest BCUT2D eigenvalue weighted by atomic mass is 32.2. The molecule has 1 saturated carbocycles. The van der Waals surface area contributed by atoms with Crippen molar-refractivity contribution in [1.29, 1.82) is 0 Å². The first-order valence-corrected chi connectivity index (χ1v) is 10.0. The normalized spacial score (nSPS) is 19.1. The number of aromatic nitrogens is 2. The van der Waals surface area contributed by atoms with E-state index in [1.54, 1.807) is 16.6 Å². The molecule has 0 radical (unpaired) electrons. The van der Waals surface area contributed by atoms with Gasteiger partial charge in [-0.1, -0.05) is 24.6 Å². The number of fused-ring (bicyclic) bond motifs is 3. The molecule has 2 heterocycles. The van der Waals surface area contributed by atoms with E-state index in [-0.39, 0.29) is 0 Å². The van der Waals surface area contributed by atoms with E-state index in [0.717, 1.165) is 11.0 Å². The van der Waals surface area contributed by atoms with E-state index in [9.17, 15) is 0 Å². The highest BCUT2D eigenvalue weighted by Crippen LogP contribution is 2.40. The van der Waals surface area contributed by atoms with Crippen molar-refractivity contribution in [1.82, 2.24) is 9.97 Å². The number of anilines is 1. The molecule has 21 heavy (non-hydrogen) atoms. The lowest BCUT2D eigenvalue weighted by Gasteiger charge is -2.16. The molecule has 2 aromatic heterocycles. The molecule has 1 fully saturated rings. The van der Waals surface area contributed by atoms with Gasteiger partial charge in [0.1, 0.15) is 10.6 Å². The van der Waals surface area contributed by atoms with Gasteiger partial charge >= 0.3 is 0 Å². The number of thioether (sulfide) groups is 1. The summed E-state index contributed by atoms with van der Waals surface area (Å²) in [5.74, 6) is 1.11. The zero-order chi connectivity index (χ0) is 14.2. The van der Waals surface area contributed by atoms with E-state index in [0.29, 0.717) is 6.04 Å². The minimum atomic E-state index is 0.608. The van der Waals surface area contributed by atoms with Gasteiger partial charge in [0, 0.05) is 10.9 Å². The van der Waals surface area contributed by atoms with Crippen LogP contribution in [0.5, 0.6) is 0 Å². The summed E-state index contributed by atoms with van der Waals surface area (Å²) in [5.41, 5.74) is 1.54. The Morgan fingerprint density at radius 3 is 2.71 bits per heavy atom. The van der Waals surface area contributed by atoms with Gasteiger partial charge in [-0.25, -0.2) is 9.97 Å². The SMILES string of the molecule is CSc1nc(NC2CCCC2)c2c3c(sc2n1)CCCC3. The summed E-state index contributed by atoms with van der Waals surface area (Å²) in [7, 11) is 0. The lowest BCUT2D eigenvalue weighted by atomic mass is 9.97. The Bertz CT molecular complexity index is 659. The van der Waals surface area contributed by atoms with Gasteiger partial charge in [-0.05, 0) is 50.3 Å². The lowest BCUT2D eigenvalue weighted by molar-refractivity contribution is 0.699. The number of thiophene rings is 1. The van der Waals surface area contributed by atoms with Crippen LogP contribution in [0.4, 0.5) is 5.82 Å². The summed E-state index contributed by atoms with van der Waals surface area (Å²) in [6, 6.07) is 0.608. The fourth-order valence-corrected chi connectivity index (χ4v) is 5.28. The summed E-state index contributed by atoms with van der Waals surface area (Å²) in [4.78, 5) is 12.3. The minimum absolute atomic E-state index is 0.608. The highest BCUT2D eigenvalue weighted by molar-refractivity contribution is 7.98. The first-order valence-electron chi connectivity index (χ1n) is 7.98. The smallest absolute Gasteiger partial charge is 0.190 e. The van der Waals surface area contributed by atoms with Gasteiger partial charge in [-0.3, -0.25) is 0 Å². The lowest BCUT2D eigenvalue weighted by Crippen LogP contribution is -2.16. The second-order valence-corrected chi connectivity index (χ2v) is 7.93. The van der Waals surface area contributed by atoms with Crippen molar-refractivity contribution < 1.29 is 0 Å². The van der Waals surface area contributed by atoms with Crippen LogP contribution in [0.25, 0.3) is 10.2 Å². The molecule has 0 bridgehead atoms. The van der Waals surface area contributed by atoms with Crippen LogP contribution in [0.3, 0.4) is 0 Å². The van der Waals surface area contributed by atoms with E-state index < -0.39 is 0 Å².